The maximum absolute atomic E-state index is 6.73. The molecule has 9 nitrogen and oxygen atoms in total. The molecule has 3 fully saturated rings. The Morgan fingerprint density at radius 1 is 0.773 bits per heavy atom. The van der Waals surface area contributed by atoms with Crippen molar-refractivity contribution in [3.8, 4) is 0 Å². The number of ether oxygens (including phenoxy) is 9. The van der Waals surface area contributed by atoms with E-state index in [9.17, 15) is 0 Å². The van der Waals surface area contributed by atoms with E-state index >= 15 is 0 Å². The first-order chi connectivity index (χ1) is 21.6. The summed E-state index contributed by atoms with van der Waals surface area (Å²) in [6.07, 6.45) is -2.11. The predicted octanol–water partition coefficient (Wildman–Crippen LogP) is 5.36. The molecule has 3 aliphatic heterocycles. The van der Waals surface area contributed by atoms with E-state index in [0.29, 0.717) is 26.2 Å². The topological polar surface area (TPSA) is 83.1 Å². The fourth-order valence-corrected chi connectivity index (χ4v) is 5.96. The first-order valence-corrected chi connectivity index (χ1v) is 15.3. The number of hydrogen-bond donors (Lipinski definition) is 0. The van der Waals surface area contributed by atoms with Gasteiger partial charge in [0, 0.05) is 13.5 Å². The van der Waals surface area contributed by atoms with Crippen LogP contribution in [0.2, 0.25) is 0 Å². The molecule has 3 aliphatic rings. The molecule has 236 valence electrons. The van der Waals surface area contributed by atoms with Crippen molar-refractivity contribution in [3.05, 3.63) is 108 Å². The summed E-state index contributed by atoms with van der Waals surface area (Å²) in [5, 5.41) is 0. The number of benzene rings is 3. The third-order valence-electron chi connectivity index (χ3n) is 8.26. The van der Waals surface area contributed by atoms with Crippen molar-refractivity contribution in [1.82, 2.24) is 0 Å². The highest BCUT2D eigenvalue weighted by atomic mass is 16.9. The quantitative estimate of drug-likeness (QED) is 0.287. The van der Waals surface area contributed by atoms with Crippen LogP contribution in [0.1, 0.15) is 36.5 Å². The van der Waals surface area contributed by atoms with Crippen LogP contribution in [0.15, 0.2) is 91.0 Å². The van der Waals surface area contributed by atoms with Gasteiger partial charge < -0.3 is 42.6 Å². The Labute approximate surface area is 259 Å². The lowest BCUT2D eigenvalue weighted by Gasteiger charge is -2.48. The normalized spacial score (nSPS) is 32.2. The summed E-state index contributed by atoms with van der Waals surface area (Å²) >= 11 is 0. The SMILES string of the molecule is CO[C@@H]1C[C@H]2OCO[C@@]3(C[C@@H](OCc4ccccc4)[C@H](OCc4ccccc4)C(COCc4ccccc4)O3)O[C@@H]2C(C)O1. The molecule has 3 heterocycles. The van der Waals surface area contributed by atoms with E-state index in [0.717, 1.165) is 16.7 Å². The maximum atomic E-state index is 6.73. The summed E-state index contributed by atoms with van der Waals surface area (Å²) in [7, 11) is 1.63. The van der Waals surface area contributed by atoms with Gasteiger partial charge in [-0.3, -0.25) is 0 Å². The molecule has 0 aliphatic carbocycles. The Morgan fingerprint density at radius 3 is 2.02 bits per heavy atom. The average Bonchev–Trinajstić information content (AvgIpc) is 3.24. The summed E-state index contributed by atoms with van der Waals surface area (Å²) < 4.78 is 56.8. The second-order valence-electron chi connectivity index (χ2n) is 11.4. The van der Waals surface area contributed by atoms with Gasteiger partial charge in [0.25, 0.3) is 5.97 Å². The lowest BCUT2D eigenvalue weighted by atomic mass is 9.98. The number of methoxy groups -OCH3 is 1. The van der Waals surface area contributed by atoms with Gasteiger partial charge >= 0.3 is 0 Å². The number of hydrogen-bond acceptors (Lipinski definition) is 9. The van der Waals surface area contributed by atoms with E-state index in [1.54, 1.807) is 7.11 Å². The lowest BCUT2D eigenvalue weighted by molar-refractivity contribution is -0.447. The molecule has 1 spiro atoms. The molecule has 0 saturated carbocycles. The molecule has 0 aromatic heterocycles. The van der Waals surface area contributed by atoms with Crippen molar-refractivity contribution in [1.29, 1.82) is 0 Å². The van der Waals surface area contributed by atoms with Crippen molar-refractivity contribution in [2.24, 2.45) is 0 Å². The van der Waals surface area contributed by atoms with Gasteiger partial charge in [0.1, 0.15) is 18.3 Å². The summed E-state index contributed by atoms with van der Waals surface area (Å²) in [5.41, 5.74) is 3.17. The fraction of sp³-hybridized carbons (Fsp3) is 0.486. The summed E-state index contributed by atoms with van der Waals surface area (Å²) in [4.78, 5) is 0. The zero-order chi connectivity index (χ0) is 30.2. The van der Waals surface area contributed by atoms with Crippen LogP contribution in [-0.2, 0) is 62.5 Å². The molecule has 3 saturated heterocycles. The first kappa shape index (κ1) is 31.3. The molecule has 3 aromatic carbocycles. The van der Waals surface area contributed by atoms with Crippen LogP contribution in [0.3, 0.4) is 0 Å². The molecule has 8 atom stereocenters. The molecular formula is C35H42O9. The molecule has 0 N–H and O–H groups in total. The number of fused-ring (bicyclic) bond motifs is 1. The van der Waals surface area contributed by atoms with E-state index in [-0.39, 0.29) is 38.3 Å². The molecular weight excluding hydrogens is 564 g/mol. The Hall–Kier alpha value is -2.70. The summed E-state index contributed by atoms with van der Waals surface area (Å²) in [6.45, 7) is 3.38. The van der Waals surface area contributed by atoms with Gasteiger partial charge in [-0.05, 0) is 23.6 Å². The third kappa shape index (κ3) is 7.92. The summed E-state index contributed by atoms with van der Waals surface area (Å²) in [5.74, 6) is -1.45. The fourth-order valence-electron chi connectivity index (χ4n) is 5.96. The minimum absolute atomic E-state index is 0.0111. The van der Waals surface area contributed by atoms with Gasteiger partial charge in [0.05, 0.1) is 51.2 Å². The molecule has 9 heteroatoms. The Bertz CT molecular complexity index is 1260. The van der Waals surface area contributed by atoms with Crippen molar-refractivity contribution >= 4 is 0 Å². The first-order valence-electron chi connectivity index (χ1n) is 15.3. The van der Waals surface area contributed by atoms with Crippen molar-refractivity contribution in [2.45, 2.75) is 88.5 Å². The second kappa shape index (κ2) is 15.1. The van der Waals surface area contributed by atoms with Crippen LogP contribution < -0.4 is 0 Å². The zero-order valence-corrected chi connectivity index (χ0v) is 25.3. The van der Waals surface area contributed by atoms with Crippen LogP contribution in [0, 0.1) is 0 Å². The van der Waals surface area contributed by atoms with E-state index in [1.165, 1.54) is 0 Å². The van der Waals surface area contributed by atoms with Gasteiger partial charge in [0.15, 0.2) is 13.1 Å². The maximum Gasteiger partial charge on any atom is 0.288 e. The molecule has 3 aromatic rings. The lowest BCUT2D eigenvalue weighted by Crippen LogP contribution is -2.61. The Morgan fingerprint density at radius 2 is 1.39 bits per heavy atom. The predicted molar refractivity (Wildman–Crippen MR) is 160 cm³/mol. The van der Waals surface area contributed by atoms with E-state index < -0.39 is 30.4 Å². The molecule has 0 amide bonds. The zero-order valence-electron chi connectivity index (χ0n) is 25.3. The average molecular weight is 607 g/mol. The molecule has 44 heavy (non-hydrogen) atoms. The minimum Gasteiger partial charge on any atom is -0.374 e. The monoisotopic (exact) mass is 606 g/mol. The van der Waals surface area contributed by atoms with Crippen molar-refractivity contribution in [2.75, 3.05) is 20.5 Å². The largest absolute Gasteiger partial charge is 0.374 e. The smallest absolute Gasteiger partial charge is 0.288 e. The van der Waals surface area contributed by atoms with Gasteiger partial charge in [-0.15, -0.1) is 0 Å². The third-order valence-corrected chi connectivity index (χ3v) is 8.26. The van der Waals surface area contributed by atoms with Crippen LogP contribution in [0.4, 0.5) is 0 Å². The van der Waals surface area contributed by atoms with E-state index in [4.69, 9.17) is 42.6 Å². The van der Waals surface area contributed by atoms with Gasteiger partial charge in [0.2, 0.25) is 0 Å². The van der Waals surface area contributed by atoms with Crippen LogP contribution >= 0.6 is 0 Å². The molecule has 2 unspecified atom stereocenters. The standard InChI is InChI=1S/C35H42O9/c1-25-33-29(18-32(36-2)42-25)40-24-41-35(44-33)19-30(38-21-27-14-8-4-9-15-27)34(39-22-28-16-10-5-11-17-28)31(43-35)23-37-20-26-12-6-3-7-13-26/h3-17,25,29-34H,18-24H2,1-2H3/t25?,29-,30-,31?,32+,33-,34+,35-/m1/s1. The van der Waals surface area contributed by atoms with Gasteiger partial charge in [-0.1, -0.05) is 91.0 Å². The summed E-state index contributed by atoms with van der Waals surface area (Å²) in [6, 6.07) is 30.2. The van der Waals surface area contributed by atoms with Crippen molar-refractivity contribution in [3.63, 3.8) is 0 Å². The van der Waals surface area contributed by atoms with E-state index in [1.807, 2.05) is 97.9 Å². The highest BCUT2D eigenvalue weighted by Gasteiger charge is 2.55. The highest BCUT2D eigenvalue weighted by Crippen LogP contribution is 2.41. The molecule has 0 bridgehead atoms. The van der Waals surface area contributed by atoms with E-state index in [2.05, 4.69) is 0 Å². The van der Waals surface area contributed by atoms with Crippen LogP contribution in [0.25, 0.3) is 0 Å². The highest BCUT2D eigenvalue weighted by molar-refractivity contribution is 5.15. The molecule has 6 rings (SSSR count). The van der Waals surface area contributed by atoms with Crippen molar-refractivity contribution < 1.29 is 42.6 Å². The van der Waals surface area contributed by atoms with Crippen LogP contribution in [0.5, 0.6) is 0 Å². The Kier molecular flexibility index (Phi) is 10.7. The second-order valence-corrected chi connectivity index (χ2v) is 11.4. The Balaban J connectivity index is 1.26. The molecule has 0 radical (unpaired) electrons. The number of rotatable bonds is 11. The van der Waals surface area contributed by atoms with Gasteiger partial charge in [-0.25, -0.2) is 0 Å². The van der Waals surface area contributed by atoms with Gasteiger partial charge in [-0.2, -0.15) is 0 Å². The van der Waals surface area contributed by atoms with Crippen LogP contribution in [-0.4, -0.2) is 69.4 Å². The minimum atomic E-state index is -1.45.